The number of pyridine rings is 1. The maximum Gasteiger partial charge on any atom is 0.410 e. The molecule has 10 nitrogen and oxygen atoms in total. The lowest BCUT2D eigenvalue weighted by Gasteiger charge is -2.39. The summed E-state index contributed by atoms with van der Waals surface area (Å²) in [6.45, 7) is 2.94. The summed E-state index contributed by atoms with van der Waals surface area (Å²) in [6.07, 6.45) is 0.925. The fraction of sp³-hybridized carbons (Fsp3) is 0.364. The van der Waals surface area contributed by atoms with Crippen molar-refractivity contribution < 1.29 is 23.5 Å². The molecule has 33 heavy (non-hydrogen) atoms. The number of nitrogens with zero attached hydrogens (tertiary/aromatic N) is 3. The van der Waals surface area contributed by atoms with Crippen LogP contribution in [0.5, 0.6) is 0 Å². The van der Waals surface area contributed by atoms with E-state index in [-0.39, 0.29) is 31.2 Å². The summed E-state index contributed by atoms with van der Waals surface area (Å²) >= 11 is 0. The first kappa shape index (κ1) is 23.9. The number of hydrogen-bond donors (Lipinski definition) is 3. The van der Waals surface area contributed by atoms with Gasteiger partial charge < -0.3 is 20.7 Å². The predicted molar refractivity (Wildman–Crippen MR) is 120 cm³/mol. The zero-order valence-corrected chi connectivity index (χ0v) is 18.7. The van der Waals surface area contributed by atoms with E-state index >= 15 is 4.39 Å². The van der Waals surface area contributed by atoms with Crippen LogP contribution in [0.3, 0.4) is 0 Å². The maximum atomic E-state index is 15.1. The molecule has 0 aliphatic carbocycles. The van der Waals surface area contributed by atoms with Crippen molar-refractivity contribution in [3.63, 3.8) is 0 Å². The lowest BCUT2D eigenvalue weighted by Crippen LogP contribution is -2.60. The molecule has 1 saturated heterocycles. The molecule has 3 N–H and O–H groups in total. The van der Waals surface area contributed by atoms with Crippen LogP contribution in [0, 0.1) is 12.7 Å². The summed E-state index contributed by atoms with van der Waals surface area (Å²) in [4.78, 5) is 43.9. The van der Waals surface area contributed by atoms with Gasteiger partial charge in [-0.2, -0.15) is 0 Å². The van der Waals surface area contributed by atoms with Gasteiger partial charge in [-0.1, -0.05) is 12.1 Å². The molecule has 0 unspecified atom stereocenters. The monoisotopic (exact) mass is 458 g/mol. The zero-order chi connectivity index (χ0) is 24.0. The second kappa shape index (κ2) is 10.7. The SMILES string of the molecule is CNC(=O)[C@@H]1CN(Cc2cccc(NC(=O)Nc3ccc(C)nc3)c2F)CCN1C(=O)OC. The standard InChI is InChI=1S/C22H27FN6O4/c1-14-7-8-16(11-25-14)26-21(31)27-17-6-4-5-15(19(17)23)12-28-9-10-29(22(32)33-3)18(13-28)20(30)24-2/h4-8,11,18H,9-10,12-13H2,1-3H3,(H,24,30)(H2,26,27,31)/t18-/m0/s1. The van der Waals surface area contributed by atoms with Crippen molar-refractivity contribution in [1.82, 2.24) is 20.1 Å². The van der Waals surface area contributed by atoms with Crippen LogP contribution < -0.4 is 16.0 Å². The van der Waals surface area contributed by atoms with Gasteiger partial charge in [-0.25, -0.2) is 14.0 Å². The van der Waals surface area contributed by atoms with E-state index in [4.69, 9.17) is 4.74 Å². The molecule has 11 heteroatoms. The van der Waals surface area contributed by atoms with E-state index in [0.29, 0.717) is 17.8 Å². The fourth-order valence-electron chi connectivity index (χ4n) is 3.58. The minimum Gasteiger partial charge on any atom is -0.453 e. The number of anilines is 2. The second-order valence-corrected chi connectivity index (χ2v) is 7.57. The van der Waals surface area contributed by atoms with Gasteiger partial charge in [0.25, 0.3) is 0 Å². The highest BCUT2D eigenvalue weighted by atomic mass is 19.1. The molecule has 1 aromatic carbocycles. The smallest absolute Gasteiger partial charge is 0.410 e. The van der Waals surface area contributed by atoms with Crippen LogP contribution in [-0.4, -0.2) is 72.6 Å². The van der Waals surface area contributed by atoms with Gasteiger partial charge in [-0.3, -0.25) is 19.6 Å². The summed E-state index contributed by atoms with van der Waals surface area (Å²) in [7, 11) is 2.75. The number of aromatic nitrogens is 1. The van der Waals surface area contributed by atoms with Gasteiger partial charge >= 0.3 is 12.1 Å². The first-order chi connectivity index (χ1) is 15.8. The van der Waals surface area contributed by atoms with Crippen LogP contribution in [0.15, 0.2) is 36.5 Å². The number of carbonyl (C=O) groups is 3. The van der Waals surface area contributed by atoms with Crippen LogP contribution in [0.25, 0.3) is 0 Å². The molecule has 3 rings (SSSR count). The van der Waals surface area contributed by atoms with Crippen molar-refractivity contribution in [3.05, 3.63) is 53.6 Å². The molecular weight excluding hydrogens is 431 g/mol. The Labute approximate surface area is 191 Å². The molecule has 1 aliphatic rings. The third-order valence-corrected chi connectivity index (χ3v) is 5.31. The van der Waals surface area contributed by atoms with E-state index in [1.54, 1.807) is 24.3 Å². The number of piperazine rings is 1. The molecular formula is C22H27FN6O4. The third kappa shape index (κ3) is 5.95. The molecule has 1 aliphatic heterocycles. The number of likely N-dealkylation sites (N-methyl/N-ethyl adjacent to an activating group) is 1. The molecule has 4 amide bonds. The number of hydrogen-bond acceptors (Lipinski definition) is 6. The first-order valence-electron chi connectivity index (χ1n) is 10.4. The van der Waals surface area contributed by atoms with Crippen molar-refractivity contribution >= 4 is 29.4 Å². The predicted octanol–water partition coefficient (Wildman–Crippen LogP) is 2.17. The number of urea groups is 1. The van der Waals surface area contributed by atoms with E-state index in [1.807, 2.05) is 11.8 Å². The van der Waals surface area contributed by atoms with Crippen molar-refractivity contribution in [2.24, 2.45) is 0 Å². The van der Waals surface area contributed by atoms with E-state index in [0.717, 1.165) is 5.69 Å². The highest BCUT2D eigenvalue weighted by Crippen LogP contribution is 2.22. The number of nitrogens with one attached hydrogen (secondary N) is 3. The van der Waals surface area contributed by atoms with Crippen LogP contribution >= 0.6 is 0 Å². The Kier molecular flexibility index (Phi) is 7.78. The molecule has 0 spiro atoms. The molecule has 0 radical (unpaired) electrons. The topological polar surface area (TPSA) is 116 Å². The Balaban J connectivity index is 1.67. The van der Waals surface area contributed by atoms with Gasteiger partial charge in [0.2, 0.25) is 5.91 Å². The highest BCUT2D eigenvalue weighted by Gasteiger charge is 2.35. The number of rotatable bonds is 5. The highest BCUT2D eigenvalue weighted by molar-refractivity contribution is 5.99. The van der Waals surface area contributed by atoms with Crippen LogP contribution in [-0.2, 0) is 16.1 Å². The molecule has 1 atom stereocenters. The number of halogens is 1. The number of carbonyl (C=O) groups excluding carboxylic acids is 3. The quantitative estimate of drug-likeness (QED) is 0.633. The molecule has 0 bridgehead atoms. The minimum atomic E-state index is -0.755. The van der Waals surface area contributed by atoms with E-state index in [2.05, 4.69) is 20.9 Å². The number of methoxy groups -OCH3 is 1. The largest absolute Gasteiger partial charge is 0.453 e. The van der Waals surface area contributed by atoms with Crippen LogP contribution in [0.1, 0.15) is 11.3 Å². The van der Waals surface area contributed by atoms with Gasteiger partial charge in [0.05, 0.1) is 24.7 Å². The third-order valence-electron chi connectivity index (χ3n) is 5.31. The maximum absolute atomic E-state index is 15.1. The summed E-state index contributed by atoms with van der Waals surface area (Å²) in [5.41, 5.74) is 1.68. The number of aryl methyl sites for hydroxylation is 1. The van der Waals surface area contributed by atoms with Crippen LogP contribution in [0.2, 0.25) is 0 Å². The van der Waals surface area contributed by atoms with Gasteiger partial charge in [0.15, 0.2) is 5.82 Å². The Hall–Kier alpha value is -3.73. The van der Waals surface area contributed by atoms with Gasteiger partial charge in [-0.15, -0.1) is 0 Å². The normalized spacial score (nSPS) is 16.1. The summed E-state index contributed by atoms with van der Waals surface area (Å²) < 4.78 is 19.9. The van der Waals surface area contributed by atoms with E-state index < -0.39 is 24.0 Å². The van der Waals surface area contributed by atoms with E-state index in [1.165, 1.54) is 31.3 Å². The summed E-state index contributed by atoms with van der Waals surface area (Å²) in [5, 5.41) is 7.66. The Morgan fingerprint density at radius 2 is 1.97 bits per heavy atom. The number of ether oxygens (including phenoxy) is 1. The van der Waals surface area contributed by atoms with Crippen molar-refractivity contribution in [2.75, 3.05) is 44.4 Å². The first-order valence-corrected chi connectivity index (χ1v) is 10.4. The van der Waals surface area contributed by atoms with Gasteiger partial charge in [-0.05, 0) is 25.1 Å². The fourth-order valence-corrected chi connectivity index (χ4v) is 3.58. The average molecular weight is 458 g/mol. The lowest BCUT2D eigenvalue weighted by atomic mass is 10.1. The second-order valence-electron chi connectivity index (χ2n) is 7.57. The summed E-state index contributed by atoms with van der Waals surface area (Å²) in [6, 6.07) is 6.83. The van der Waals surface area contributed by atoms with Gasteiger partial charge in [0, 0.05) is 44.5 Å². The van der Waals surface area contributed by atoms with Crippen molar-refractivity contribution in [2.45, 2.75) is 19.5 Å². The number of amides is 4. The van der Waals surface area contributed by atoms with Gasteiger partial charge in [0.1, 0.15) is 6.04 Å². The van der Waals surface area contributed by atoms with Crippen molar-refractivity contribution in [1.29, 1.82) is 0 Å². The molecule has 2 aromatic rings. The lowest BCUT2D eigenvalue weighted by molar-refractivity contribution is -0.127. The Morgan fingerprint density at radius 1 is 1.18 bits per heavy atom. The molecule has 2 heterocycles. The number of benzene rings is 1. The average Bonchev–Trinajstić information content (AvgIpc) is 2.82. The molecule has 0 saturated carbocycles. The molecule has 1 aromatic heterocycles. The Bertz CT molecular complexity index is 1020. The summed E-state index contributed by atoms with van der Waals surface area (Å²) in [5.74, 6) is -0.898. The van der Waals surface area contributed by atoms with Crippen molar-refractivity contribution in [3.8, 4) is 0 Å². The molecule has 1 fully saturated rings. The zero-order valence-electron chi connectivity index (χ0n) is 18.7. The van der Waals surface area contributed by atoms with E-state index in [9.17, 15) is 14.4 Å². The Morgan fingerprint density at radius 3 is 2.64 bits per heavy atom. The minimum absolute atomic E-state index is 0.0288. The molecule has 176 valence electrons. The van der Waals surface area contributed by atoms with Crippen LogP contribution in [0.4, 0.5) is 25.4 Å².